The van der Waals surface area contributed by atoms with Crippen LogP contribution in [0.25, 0.3) is 11.3 Å². The Morgan fingerprint density at radius 2 is 1.68 bits per heavy atom. The molecular formula is C17H16N2. The van der Waals surface area contributed by atoms with E-state index in [4.69, 9.17) is 0 Å². The second-order valence-electron chi connectivity index (χ2n) is 4.63. The number of pyridine rings is 1. The van der Waals surface area contributed by atoms with Crippen molar-refractivity contribution in [1.82, 2.24) is 9.55 Å². The molecule has 0 atom stereocenters. The summed E-state index contributed by atoms with van der Waals surface area (Å²) in [6, 6.07) is 20.8. The first-order chi connectivity index (χ1) is 9.34. The predicted molar refractivity (Wildman–Crippen MR) is 77.9 cm³/mol. The molecule has 0 aliphatic rings. The van der Waals surface area contributed by atoms with Gasteiger partial charge in [-0.2, -0.15) is 0 Å². The van der Waals surface area contributed by atoms with E-state index in [9.17, 15) is 0 Å². The maximum atomic E-state index is 4.41. The quantitative estimate of drug-likeness (QED) is 0.687. The molecular weight excluding hydrogens is 232 g/mol. The van der Waals surface area contributed by atoms with Gasteiger partial charge in [0.25, 0.3) is 0 Å². The number of benzene rings is 1. The van der Waals surface area contributed by atoms with E-state index in [0.717, 1.165) is 12.2 Å². The van der Waals surface area contributed by atoms with Gasteiger partial charge in [0.2, 0.25) is 0 Å². The maximum absolute atomic E-state index is 4.41. The zero-order valence-corrected chi connectivity index (χ0v) is 11.0. The highest BCUT2D eigenvalue weighted by Gasteiger charge is 2.07. The summed E-state index contributed by atoms with van der Waals surface area (Å²) < 4.78 is 2.30. The zero-order valence-electron chi connectivity index (χ0n) is 11.0. The van der Waals surface area contributed by atoms with Gasteiger partial charge in [-0.25, -0.2) is 0 Å². The van der Waals surface area contributed by atoms with Crippen LogP contribution >= 0.6 is 0 Å². The zero-order chi connectivity index (χ0) is 13.1. The van der Waals surface area contributed by atoms with E-state index >= 15 is 0 Å². The molecule has 1 aromatic carbocycles. The van der Waals surface area contributed by atoms with Crippen molar-refractivity contribution in [3.05, 3.63) is 78.2 Å². The molecule has 0 saturated carbocycles. The van der Waals surface area contributed by atoms with E-state index in [0.29, 0.717) is 0 Å². The van der Waals surface area contributed by atoms with Crippen LogP contribution in [0.3, 0.4) is 0 Å². The average Bonchev–Trinajstić information content (AvgIpc) is 2.82. The van der Waals surface area contributed by atoms with Crippen LogP contribution in [0.4, 0.5) is 0 Å². The van der Waals surface area contributed by atoms with Crippen LogP contribution < -0.4 is 0 Å². The molecule has 0 aliphatic carbocycles. The molecule has 19 heavy (non-hydrogen) atoms. The lowest BCUT2D eigenvalue weighted by Crippen LogP contribution is -2.04. The van der Waals surface area contributed by atoms with Crippen LogP contribution in [-0.2, 0) is 6.54 Å². The van der Waals surface area contributed by atoms with Crippen molar-refractivity contribution in [1.29, 1.82) is 0 Å². The predicted octanol–water partition coefficient (Wildman–Crippen LogP) is 3.91. The molecule has 0 aliphatic heterocycles. The highest BCUT2D eigenvalue weighted by Crippen LogP contribution is 2.22. The largest absolute Gasteiger partial charge is 0.339 e. The Balaban J connectivity index is 2.00. The second-order valence-corrected chi connectivity index (χ2v) is 4.63. The Morgan fingerprint density at radius 1 is 0.895 bits per heavy atom. The highest BCUT2D eigenvalue weighted by molar-refractivity contribution is 5.60. The molecule has 0 N–H and O–H groups in total. The molecule has 0 bridgehead atoms. The molecule has 0 fully saturated rings. The van der Waals surface area contributed by atoms with Gasteiger partial charge in [0.05, 0.1) is 12.2 Å². The van der Waals surface area contributed by atoms with Crippen molar-refractivity contribution in [3.8, 4) is 11.3 Å². The van der Waals surface area contributed by atoms with Gasteiger partial charge in [0, 0.05) is 17.6 Å². The van der Waals surface area contributed by atoms with Crippen molar-refractivity contribution >= 4 is 0 Å². The number of nitrogens with zero attached hydrogens (tertiary/aromatic N) is 2. The molecule has 94 valence electrons. The Hall–Kier alpha value is -2.35. The highest BCUT2D eigenvalue weighted by atomic mass is 15.0. The number of aromatic nitrogens is 2. The van der Waals surface area contributed by atoms with Gasteiger partial charge < -0.3 is 4.57 Å². The lowest BCUT2D eigenvalue weighted by Gasteiger charge is -2.11. The summed E-state index contributed by atoms with van der Waals surface area (Å²) in [5.41, 5.74) is 4.82. The minimum atomic E-state index is 0.809. The van der Waals surface area contributed by atoms with Crippen molar-refractivity contribution in [2.75, 3.05) is 0 Å². The first-order valence-corrected chi connectivity index (χ1v) is 6.46. The molecule has 0 spiro atoms. The number of aryl methyl sites for hydroxylation is 1. The number of rotatable bonds is 3. The van der Waals surface area contributed by atoms with Crippen molar-refractivity contribution in [3.63, 3.8) is 0 Å². The second kappa shape index (κ2) is 5.11. The van der Waals surface area contributed by atoms with Gasteiger partial charge in [-0.1, -0.05) is 36.4 Å². The summed E-state index contributed by atoms with van der Waals surface area (Å²) in [5, 5.41) is 0. The fourth-order valence-corrected chi connectivity index (χ4v) is 2.29. The Labute approximate surface area is 113 Å². The molecule has 0 amide bonds. The van der Waals surface area contributed by atoms with Crippen molar-refractivity contribution < 1.29 is 0 Å². The fraction of sp³-hybridized carbons (Fsp3) is 0.118. The van der Waals surface area contributed by atoms with Crippen LogP contribution in [0.1, 0.15) is 11.4 Å². The smallest absolute Gasteiger partial charge is 0.0651 e. The molecule has 2 aromatic heterocycles. The SMILES string of the molecule is Cc1ccc(-c2ccccc2)n1Cc1ccccn1. The lowest BCUT2D eigenvalue weighted by molar-refractivity contribution is 0.762. The van der Waals surface area contributed by atoms with Crippen LogP contribution in [0.5, 0.6) is 0 Å². The summed E-state index contributed by atoms with van der Waals surface area (Å²) in [6.45, 7) is 2.94. The summed E-state index contributed by atoms with van der Waals surface area (Å²) in [6.07, 6.45) is 1.84. The van der Waals surface area contributed by atoms with Gasteiger partial charge in [-0.05, 0) is 36.8 Å². The Kier molecular flexibility index (Phi) is 3.15. The molecule has 2 nitrogen and oxygen atoms in total. The van der Waals surface area contributed by atoms with Gasteiger partial charge >= 0.3 is 0 Å². The molecule has 2 heterocycles. The van der Waals surface area contributed by atoms with Crippen LogP contribution in [0.2, 0.25) is 0 Å². The Bertz CT molecular complexity index is 654. The monoisotopic (exact) mass is 248 g/mol. The Morgan fingerprint density at radius 3 is 2.42 bits per heavy atom. The number of hydrogen-bond donors (Lipinski definition) is 0. The summed E-state index contributed by atoms with van der Waals surface area (Å²) in [5.74, 6) is 0. The molecule has 0 radical (unpaired) electrons. The van der Waals surface area contributed by atoms with Crippen LogP contribution in [0.15, 0.2) is 66.9 Å². The standard InChI is InChI=1S/C17H16N2/c1-14-10-11-17(15-7-3-2-4-8-15)19(14)13-16-9-5-6-12-18-16/h2-12H,13H2,1H3. The van der Waals surface area contributed by atoms with E-state index in [1.54, 1.807) is 0 Å². The van der Waals surface area contributed by atoms with E-state index in [2.05, 4.69) is 58.9 Å². The van der Waals surface area contributed by atoms with Crippen molar-refractivity contribution in [2.24, 2.45) is 0 Å². The minimum absolute atomic E-state index is 0.809. The van der Waals surface area contributed by atoms with Crippen LogP contribution in [0, 0.1) is 6.92 Å². The summed E-state index contributed by atoms with van der Waals surface area (Å²) >= 11 is 0. The van der Waals surface area contributed by atoms with Crippen LogP contribution in [-0.4, -0.2) is 9.55 Å². The average molecular weight is 248 g/mol. The third-order valence-corrected chi connectivity index (χ3v) is 3.31. The van der Waals surface area contributed by atoms with Gasteiger partial charge in [0.15, 0.2) is 0 Å². The first-order valence-electron chi connectivity index (χ1n) is 6.46. The third kappa shape index (κ3) is 2.43. The van der Waals surface area contributed by atoms with E-state index in [1.165, 1.54) is 17.0 Å². The summed E-state index contributed by atoms with van der Waals surface area (Å²) in [7, 11) is 0. The molecule has 0 unspecified atom stereocenters. The van der Waals surface area contributed by atoms with Gasteiger partial charge in [0.1, 0.15) is 0 Å². The molecule has 3 aromatic rings. The lowest BCUT2D eigenvalue weighted by atomic mass is 10.1. The van der Waals surface area contributed by atoms with Gasteiger partial charge in [-0.15, -0.1) is 0 Å². The molecule has 2 heteroatoms. The molecule has 0 saturated heterocycles. The maximum Gasteiger partial charge on any atom is 0.0651 e. The minimum Gasteiger partial charge on any atom is -0.339 e. The number of hydrogen-bond acceptors (Lipinski definition) is 1. The fourth-order valence-electron chi connectivity index (χ4n) is 2.29. The third-order valence-electron chi connectivity index (χ3n) is 3.31. The van der Waals surface area contributed by atoms with E-state index in [1.807, 2.05) is 24.4 Å². The summed E-state index contributed by atoms with van der Waals surface area (Å²) in [4.78, 5) is 4.41. The topological polar surface area (TPSA) is 17.8 Å². The van der Waals surface area contributed by atoms with Crippen molar-refractivity contribution in [2.45, 2.75) is 13.5 Å². The van der Waals surface area contributed by atoms with E-state index < -0.39 is 0 Å². The normalized spacial score (nSPS) is 10.6. The molecule has 3 rings (SSSR count). The van der Waals surface area contributed by atoms with Gasteiger partial charge in [-0.3, -0.25) is 4.98 Å². The van der Waals surface area contributed by atoms with E-state index in [-0.39, 0.29) is 0 Å². The first kappa shape index (κ1) is 11.7.